The van der Waals surface area contributed by atoms with Crippen molar-refractivity contribution < 1.29 is 9.64 Å². The smallest absolute Gasteiger partial charge is 0.166 e. The highest BCUT2D eigenvalue weighted by molar-refractivity contribution is 7.80. The van der Waals surface area contributed by atoms with Gasteiger partial charge in [-0.3, -0.25) is 0 Å². The third kappa shape index (κ3) is 3.26. The van der Waals surface area contributed by atoms with Crippen molar-refractivity contribution in [3.8, 4) is 0 Å². The van der Waals surface area contributed by atoms with Gasteiger partial charge in [-0.25, -0.2) is 0 Å². The molecule has 0 aromatic carbocycles. The fourth-order valence-electron chi connectivity index (χ4n) is 5.63. The summed E-state index contributed by atoms with van der Waals surface area (Å²) in [4.78, 5) is 1.64. The Morgan fingerprint density at radius 3 is 2.27 bits per heavy atom. The van der Waals surface area contributed by atoms with E-state index in [0.29, 0.717) is 6.04 Å². The molecule has 4 aliphatic carbocycles. The molecule has 5 heteroatoms. The van der Waals surface area contributed by atoms with Gasteiger partial charge in [0, 0.05) is 6.04 Å². The summed E-state index contributed by atoms with van der Waals surface area (Å²) in [6.07, 6.45) is 7.32. The summed E-state index contributed by atoms with van der Waals surface area (Å²) < 4.78 is 5.40. The number of hydrogen-bond donors (Lipinski definition) is 3. The zero-order valence-electron chi connectivity index (χ0n) is 13.5. The van der Waals surface area contributed by atoms with E-state index in [1.54, 1.807) is 4.90 Å². The molecule has 0 aromatic rings. The second-order valence-electron chi connectivity index (χ2n) is 7.97. The predicted octanol–water partition coefficient (Wildman–Crippen LogP) is 0.190. The van der Waals surface area contributed by atoms with E-state index in [-0.39, 0.29) is 0 Å². The lowest BCUT2D eigenvalue weighted by molar-refractivity contribution is -0.906. The summed E-state index contributed by atoms with van der Waals surface area (Å²) in [5.74, 6) is 3.85. The summed E-state index contributed by atoms with van der Waals surface area (Å²) in [6.45, 7) is 6.22. The van der Waals surface area contributed by atoms with Gasteiger partial charge in [0.1, 0.15) is 13.1 Å². The first-order valence-corrected chi connectivity index (χ1v) is 9.64. The quantitative estimate of drug-likeness (QED) is 0.646. The third-order valence-electron chi connectivity index (χ3n) is 6.49. The van der Waals surface area contributed by atoms with Crippen molar-refractivity contribution in [2.45, 2.75) is 38.1 Å². The molecule has 1 aliphatic heterocycles. The molecular formula is C17H30N3OS+. The van der Waals surface area contributed by atoms with Crippen LogP contribution < -0.4 is 15.5 Å². The van der Waals surface area contributed by atoms with E-state index in [1.807, 2.05) is 0 Å². The molecular weight excluding hydrogens is 294 g/mol. The fourth-order valence-corrected chi connectivity index (χ4v) is 5.86. The Balaban J connectivity index is 1.21. The van der Waals surface area contributed by atoms with E-state index in [4.69, 9.17) is 17.0 Å². The molecule has 0 unspecified atom stereocenters. The largest absolute Gasteiger partial charge is 0.370 e. The van der Waals surface area contributed by atoms with Gasteiger partial charge in [0.15, 0.2) is 5.11 Å². The molecule has 5 rings (SSSR count). The summed E-state index contributed by atoms with van der Waals surface area (Å²) >= 11 is 5.56. The summed E-state index contributed by atoms with van der Waals surface area (Å²) in [5.41, 5.74) is 0. The van der Waals surface area contributed by atoms with Crippen LogP contribution in [0.4, 0.5) is 0 Å². The van der Waals surface area contributed by atoms with Crippen LogP contribution >= 0.6 is 12.2 Å². The second-order valence-corrected chi connectivity index (χ2v) is 8.38. The third-order valence-corrected chi connectivity index (χ3v) is 6.75. The fraction of sp³-hybridized carbons (Fsp3) is 0.941. The lowest BCUT2D eigenvalue weighted by Gasteiger charge is -2.54. The van der Waals surface area contributed by atoms with Crippen LogP contribution in [-0.2, 0) is 4.74 Å². The van der Waals surface area contributed by atoms with Gasteiger partial charge in [0.05, 0.1) is 26.3 Å². The summed E-state index contributed by atoms with van der Waals surface area (Å²) in [7, 11) is 0. The molecule has 1 heterocycles. The zero-order valence-corrected chi connectivity index (χ0v) is 14.3. The molecule has 4 bridgehead atoms. The Bertz CT molecular complexity index is 383. The van der Waals surface area contributed by atoms with Crippen molar-refractivity contribution in [1.82, 2.24) is 10.6 Å². The van der Waals surface area contributed by atoms with Crippen molar-refractivity contribution in [2.75, 3.05) is 39.4 Å². The van der Waals surface area contributed by atoms with Crippen molar-refractivity contribution in [3.63, 3.8) is 0 Å². The number of thiocarbonyl (C=S) groups is 1. The average Bonchev–Trinajstić information content (AvgIpc) is 2.51. The lowest BCUT2D eigenvalue weighted by atomic mass is 9.54. The Labute approximate surface area is 139 Å². The molecule has 3 N–H and O–H groups in total. The van der Waals surface area contributed by atoms with Gasteiger partial charge in [-0.05, 0) is 68.0 Å². The molecule has 1 saturated heterocycles. The van der Waals surface area contributed by atoms with Crippen LogP contribution in [0.2, 0.25) is 0 Å². The van der Waals surface area contributed by atoms with Crippen LogP contribution in [0.15, 0.2) is 0 Å². The molecule has 0 atom stereocenters. The number of ether oxygens (including phenoxy) is 1. The highest BCUT2D eigenvalue weighted by Crippen LogP contribution is 2.53. The van der Waals surface area contributed by atoms with Crippen molar-refractivity contribution in [3.05, 3.63) is 0 Å². The highest BCUT2D eigenvalue weighted by atomic mass is 32.1. The molecule has 0 spiro atoms. The van der Waals surface area contributed by atoms with Crippen LogP contribution in [0.1, 0.15) is 32.1 Å². The first kappa shape index (κ1) is 15.2. The number of quaternary nitrogens is 1. The predicted molar refractivity (Wildman–Crippen MR) is 91.0 cm³/mol. The van der Waals surface area contributed by atoms with Gasteiger partial charge in [-0.15, -0.1) is 0 Å². The van der Waals surface area contributed by atoms with Gasteiger partial charge < -0.3 is 20.3 Å². The van der Waals surface area contributed by atoms with Crippen LogP contribution in [0.25, 0.3) is 0 Å². The average molecular weight is 325 g/mol. The van der Waals surface area contributed by atoms with Crippen molar-refractivity contribution in [2.24, 2.45) is 23.7 Å². The van der Waals surface area contributed by atoms with E-state index in [9.17, 15) is 0 Å². The zero-order chi connectivity index (χ0) is 14.9. The van der Waals surface area contributed by atoms with E-state index in [2.05, 4.69) is 10.6 Å². The Morgan fingerprint density at radius 1 is 1.00 bits per heavy atom. The topological polar surface area (TPSA) is 37.7 Å². The molecule has 22 heavy (non-hydrogen) atoms. The van der Waals surface area contributed by atoms with Gasteiger partial charge in [-0.2, -0.15) is 0 Å². The molecule has 5 fully saturated rings. The molecule has 0 radical (unpaired) electrons. The lowest BCUT2D eigenvalue weighted by Crippen LogP contribution is -3.14. The standard InChI is InChI=1S/C17H29N3OS/c22-17(18-1-2-20-3-5-21-6-4-20)19-16-14-8-12-7-13(10-14)11-15(16)9-12/h12-16H,1-11H2,(H2,18,19,22)/p+1. The highest BCUT2D eigenvalue weighted by Gasteiger charge is 2.48. The SMILES string of the molecule is S=C(NCC[NH+]1CCOCC1)NC1C2CC3CC(C2)CC1C3. The van der Waals surface area contributed by atoms with Crippen LogP contribution in [0.3, 0.4) is 0 Å². The Hall–Kier alpha value is -0.390. The molecule has 0 amide bonds. The maximum Gasteiger partial charge on any atom is 0.166 e. The molecule has 4 nitrogen and oxygen atoms in total. The van der Waals surface area contributed by atoms with Gasteiger partial charge >= 0.3 is 0 Å². The van der Waals surface area contributed by atoms with Crippen LogP contribution in [0.5, 0.6) is 0 Å². The minimum atomic E-state index is 0.656. The first-order chi connectivity index (χ1) is 10.8. The van der Waals surface area contributed by atoms with Crippen LogP contribution in [-0.4, -0.2) is 50.5 Å². The van der Waals surface area contributed by atoms with Gasteiger partial charge in [-0.1, -0.05) is 0 Å². The minimum Gasteiger partial charge on any atom is -0.370 e. The molecule has 124 valence electrons. The number of hydrogen-bond acceptors (Lipinski definition) is 2. The molecule has 5 aliphatic rings. The monoisotopic (exact) mass is 324 g/mol. The van der Waals surface area contributed by atoms with E-state index < -0.39 is 0 Å². The van der Waals surface area contributed by atoms with E-state index in [0.717, 1.165) is 68.2 Å². The number of nitrogens with one attached hydrogen (secondary N) is 3. The summed E-state index contributed by atoms with van der Waals surface area (Å²) in [5, 5.41) is 8.03. The number of morpholine rings is 1. The molecule has 4 saturated carbocycles. The Morgan fingerprint density at radius 2 is 1.64 bits per heavy atom. The first-order valence-electron chi connectivity index (χ1n) is 9.23. The van der Waals surface area contributed by atoms with Crippen molar-refractivity contribution >= 4 is 17.3 Å². The Kier molecular flexibility index (Phi) is 4.56. The number of rotatable bonds is 4. The minimum absolute atomic E-state index is 0.656. The van der Waals surface area contributed by atoms with Crippen LogP contribution in [0, 0.1) is 23.7 Å². The second kappa shape index (κ2) is 6.62. The van der Waals surface area contributed by atoms with E-state index in [1.165, 1.54) is 32.1 Å². The van der Waals surface area contributed by atoms with Crippen molar-refractivity contribution in [1.29, 1.82) is 0 Å². The maximum absolute atomic E-state index is 5.56. The summed E-state index contributed by atoms with van der Waals surface area (Å²) in [6, 6.07) is 0.656. The van der Waals surface area contributed by atoms with E-state index >= 15 is 0 Å². The van der Waals surface area contributed by atoms with Gasteiger partial charge in [0.2, 0.25) is 0 Å². The maximum atomic E-state index is 5.56. The van der Waals surface area contributed by atoms with Gasteiger partial charge in [0.25, 0.3) is 0 Å². The normalized spacial score (nSPS) is 40.6. The molecule has 0 aromatic heterocycles.